The predicted octanol–water partition coefficient (Wildman–Crippen LogP) is 2.69. The molecule has 10 nitrogen and oxygen atoms in total. The molecule has 0 aromatic carbocycles. The topological polar surface area (TPSA) is 116 Å². The van der Waals surface area contributed by atoms with Crippen molar-refractivity contribution in [2.75, 3.05) is 18.0 Å². The summed E-state index contributed by atoms with van der Waals surface area (Å²) in [6, 6.07) is -0.0629. The minimum atomic E-state index is -0.573. The molecule has 2 aliphatic heterocycles. The van der Waals surface area contributed by atoms with Gasteiger partial charge in [0, 0.05) is 24.4 Å². The first-order valence-corrected chi connectivity index (χ1v) is 9.05. The number of anilines is 1. The van der Waals surface area contributed by atoms with Crippen LogP contribution < -0.4 is 4.90 Å². The fourth-order valence-corrected chi connectivity index (χ4v) is 3.47. The average Bonchev–Trinajstić information content (AvgIpc) is 3.13. The van der Waals surface area contributed by atoms with Crippen molar-refractivity contribution in [3.8, 4) is 0 Å². The average molecular weight is 375 g/mol. The molecule has 0 bridgehead atoms. The molecular formula is C17H25N7O3. The Bertz CT molecular complexity index is 791. The monoisotopic (exact) mass is 375 g/mol. The molecule has 2 amide bonds. The van der Waals surface area contributed by atoms with Crippen LogP contribution in [0.2, 0.25) is 0 Å². The number of aromatic nitrogens is 2. The molecule has 27 heavy (non-hydrogen) atoms. The maximum Gasteiger partial charge on any atom is 0.410 e. The summed E-state index contributed by atoms with van der Waals surface area (Å²) < 4.78 is 7.36. The number of hydrogen-bond donors (Lipinski definition) is 0. The van der Waals surface area contributed by atoms with Crippen molar-refractivity contribution in [2.24, 2.45) is 11.0 Å². The van der Waals surface area contributed by atoms with Gasteiger partial charge in [-0.1, -0.05) is 5.11 Å². The molecule has 0 N–H and O–H groups in total. The Labute approximate surface area is 157 Å². The molecule has 0 saturated carbocycles. The van der Waals surface area contributed by atoms with E-state index in [1.807, 2.05) is 32.4 Å². The smallest absolute Gasteiger partial charge is 0.410 e. The first-order chi connectivity index (χ1) is 12.7. The Hall–Kier alpha value is -2.74. The van der Waals surface area contributed by atoms with E-state index in [-0.39, 0.29) is 24.0 Å². The molecular weight excluding hydrogens is 350 g/mol. The van der Waals surface area contributed by atoms with Crippen LogP contribution >= 0.6 is 0 Å². The lowest BCUT2D eigenvalue weighted by molar-refractivity contribution is -0.117. The Balaban J connectivity index is 1.80. The number of rotatable bonds is 3. The maximum atomic E-state index is 12.6. The molecule has 3 rings (SSSR count). The zero-order valence-electron chi connectivity index (χ0n) is 16.1. The second kappa shape index (κ2) is 7.11. The van der Waals surface area contributed by atoms with E-state index in [1.54, 1.807) is 16.0 Å². The molecule has 2 atom stereocenters. The van der Waals surface area contributed by atoms with Gasteiger partial charge in [0.05, 0.1) is 36.7 Å². The van der Waals surface area contributed by atoms with Gasteiger partial charge in [-0.3, -0.25) is 14.4 Å². The third kappa shape index (κ3) is 4.00. The van der Waals surface area contributed by atoms with E-state index >= 15 is 0 Å². The van der Waals surface area contributed by atoms with Crippen LogP contribution in [-0.4, -0.2) is 51.4 Å². The van der Waals surface area contributed by atoms with Gasteiger partial charge >= 0.3 is 6.09 Å². The quantitative estimate of drug-likeness (QED) is 0.458. The van der Waals surface area contributed by atoms with E-state index in [2.05, 4.69) is 15.1 Å². The van der Waals surface area contributed by atoms with Crippen LogP contribution in [0.25, 0.3) is 10.4 Å². The standard InChI is InChI=1S/C17H25N7O3/c1-11-8-24-14(10-22(11)16(26)27-17(2,3)4)13(7-20-24)23-9-12(5-15(23)25)6-19-21-18/h7,11-12H,5-6,8-10H2,1-4H3. The normalized spacial score (nSPS) is 22.4. The zero-order valence-corrected chi connectivity index (χ0v) is 16.1. The maximum absolute atomic E-state index is 12.6. The third-order valence-electron chi connectivity index (χ3n) is 4.74. The van der Waals surface area contributed by atoms with Crippen molar-refractivity contribution >= 4 is 17.7 Å². The highest BCUT2D eigenvalue weighted by atomic mass is 16.6. The first-order valence-electron chi connectivity index (χ1n) is 9.05. The van der Waals surface area contributed by atoms with Gasteiger partial charge in [0.2, 0.25) is 5.91 Å². The van der Waals surface area contributed by atoms with Crippen LogP contribution in [0.15, 0.2) is 11.3 Å². The highest BCUT2D eigenvalue weighted by Gasteiger charge is 2.37. The van der Waals surface area contributed by atoms with Gasteiger partial charge in [-0.25, -0.2) is 4.79 Å². The second-order valence-electron chi connectivity index (χ2n) is 8.10. The van der Waals surface area contributed by atoms with Crippen LogP contribution in [0.5, 0.6) is 0 Å². The Morgan fingerprint density at radius 1 is 1.44 bits per heavy atom. The van der Waals surface area contributed by atoms with Crippen molar-refractivity contribution in [1.82, 2.24) is 14.7 Å². The van der Waals surface area contributed by atoms with Crippen molar-refractivity contribution in [3.05, 3.63) is 22.3 Å². The van der Waals surface area contributed by atoms with E-state index < -0.39 is 5.60 Å². The van der Waals surface area contributed by atoms with E-state index in [0.717, 1.165) is 5.69 Å². The number of fused-ring (bicyclic) bond motifs is 1. The molecule has 2 aliphatic rings. The summed E-state index contributed by atoms with van der Waals surface area (Å²) in [5, 5.41) is 7.99. The van der Waals surface area contributed by atoms with Crippen LogP contribution in [0.4, 0.5) is 10.5 Å². The Kier molecular flexibility index (Phi) is 5.01. The van der Waals surface area contributed by atoms with Crippen molar-refractivity contribution in [1.29, 1.82) is 0 Å². The molecule has 3 heterocycles. The third-order valence-corrected chi connectivity index (χ3v) is 4.74. The van der Waals surface area contributed by atoms with Gasteiger partial charge in [0.25, 0.3) is 0 Å². The fraction of sp³-hybridized carbons (Fsp3) is 0.706. The largest absolute Gasteiger partial charge is 0.444 e. The van der Waals surface area contributed by atoms with Crippen molar-refractivity contribution < 1.29 is 14.3 Å². The molecule has 10 heteroatoms. The van der Waals surface area contributed by atoms with Crippen LogP contribution in [-0.2, 0) is 22.6 Å². The summed E-state index contributed by atoms with van der Waals surface area (Å²) in [5.41, 5.74) is 9.44. The second-order valence-corrected chi connectivity index (χ2v) is 8.10. The highest BCUT2D eigenvalue weighted by Crippen LogP contribution is 2.32. The van der Waals surface area contributed by atoms with Crippen molar-refractivity contribution in [2.45, 2.75) is 58.8 Å². The minimum absolute atomic E-state index is 0.00609. The Morgan fingerprint density at radius 2 is 2.19 bits per heavy atom. The van der Waals surface area contributed by atoms with E-state index in [1.165, 1.54) is 0 Å². The molecule has 1 saturated heterocycles. The van der Waals surface area contributed by atoms with Crippen LogP contribution in [0.1, 0.15) is 39.8 Å². The van der Waals surface area contributed by atoms with Gasteiger partial charge in [0.1, 0.15) is 5.60 Å². The van der Waals surface area contributed by atoms with Gasteiger partial charge in [0.15, 0.2) is 0 Å². The minimum Gasteiger partial charge on any atom is -0.444 e. The summed E-state index contributed by atoms with van der Waals surface area (Å²) >= 11 is 0. The summed E-state index contributed by atoms with van der Waals surface area (Å²) in [5.74, 6) is -0.0280. The lowest BCUT2D eigenvalue weighted by Gasteiger charge is -2.36. The molecule has 0 spiro atoms. The van der Waals surface area contributed by atoms with E-state index in [9.17, 15) is 9.59 Å². The molecule has 0 radical (unpaired) electrons. The Morgan fingerprint density at radius 3 is 2.85 bits per heavy atom. The van der Waals surface area contributed by atoms with E-state index in [0.29, 0.717) is 38.3 Å². The molecule has 146 valence electrons. The number of carbonyl (C=O) groups excluding carboxylic acids is 2. The highest BCUT2D eigenvalue weighted by molar-refractivity contribution is 5.96. The number of ether oxygens (including phenoxy) is 1. The van der Waals surface area contributed by atoms with Crippen LogP contribution in [0, 0.1) is 5.92 Å². The predicted molar refractivity (Wildman–Crippen MR) is 97.9 cm³/mol. The first kappa shape index (κ1) is 19.0. The fourth-order valence-electron chi connectivity index (χ4n) is 3.47. The summed E-state index contributed by atoms with van der Waals surface area (Å²) in [7, 11) is 0. The van der Waals surface area contributed by atoms with E-state index in [4.69, 9.17) is 10.3 Å². The molecule has 1 fully saturated rings. The summed E-state index contributed by atoms with van der Waals surface area (Å²) in [6.07, 6.45) is 1.65. The molecule has 2 unspecified atom stereocenters. The van der Waals surface area contributed by atoms with Crippen LogP contribution in [0.3, 0.4) is 0 Å². The van der Waals surface area contributed by atoms with Gasteiger partial charge in [-0.05, 0) is 39.1 Å². The molecule has 0 aliphatic carbocycles. The number of azide groups is 1. The number of amides is 2. The SMILES string of the molecule is CC1Cn2ncc(N3CC(CN=[N+]=[N-])CC3=O)c2CN1C(=O)OC(C)(C)C. The molecule has 1 aromatic rings. The van der Waals surface area contributed by atoms with Crippen molar-refractivity contribution in [3.63, 3.8) is 0 Å². The number of nitrogens with zero attached hydrogens (tertiary/aromatic N) is 7. The zero-order chi connectivity index (χ0) is 19.8. The summed E-state index contributed by atoms with van der Waals surface area (Å²) in [6.45, 7) is 9.10. The molecule has 1 aromatic heterocycles. The lowest BCUT2D eigenvalue weighted by atomic mass is 10.1. The number of carbonyl (C=O) groups is 2. The summed E-state index contributed by atoms with van der Waals surface area (Å²) in [4.78, 5) is 31.1. The van der Waals surface area contributed by atoms with Gasteiger partial charge in [-0.2, -0.15) is 5.10 Å². The number of hydrogen-bond acceptors (Lipinski definition) is 5. The lowest BCUT2D eigenvalue weighted by Crippen LogP contribution is -2.47. The van der Waals surface area contributed by atoms with Gasteiger partial charge < -0.3 is 9.64 Å². The van der Waals surface area contributed by atoms with Gasteiger partial charge in [-0.15, -0.1) is 0 Å².